The largest absolute Gasteiger partial charge is 0.481 e. The number of aliphatic carboxylic acids is 1. The molecule has 6 heteroatoms. The van der Waals surface area contributed by atoms with E-state index in [1.807, 2.05) is 26.8 Å². The maximum absolute atomic E-state index is 13.0. The van der Waals surface area contributed by atoms with E-state index in [0.29, 0.717) is 37.8 Å². The maximum Gasteiger partial charge on any atom is 0.311 e. The number of amides is 1. The Morgan fingerprint density at radius 3 is 2.80 bits per heavy atom. The van der Waals surface area contributed by atoms with Crippen molar-refractivity contribution in [1.29, 1.82) is 0 Å². The topological polar surface area (TPSA) is 83.4 Å². The number of aromatic nitrogens is 2. The molecule has 1 atom stereocenters. The third kappa shape index (κ3) is 4.44. The molecule has 0 saturated carbocycles. The number of rotatable bonds is 6. The summed E-state index contributed by atoms with van der Waals surface area (Å²) in [4.78, 5) is 34.8. The lowest BCUT2D eigenvalue weighted by molar-refractivity contribution is -0.151. The molecule has 0 bridgehead atoms. The number of carbonyl (C=O) groups is 2. The van der Waals surface area contributed by atoms with Gasteiger partial charge >= 0.3 is 5.97 Å². The summed E-state index contributed by atoms with van der Waals surface area (Å²) in [7, 11) is 0. The van der Waals surface area contributed by atoms with Crippen molar-refractivity contribution in [3.63, 3.8) is 0 Å². The molecule has 1 aliphatic rings. The predicted octanol–water partition coefficient (Wildman–Crippen LogP) is 3.09. The van der Waals surface area contributed by atoms with Gasteiger partial charge in [0, 0.05) is 19.3 Å². The second-order valence-electron chi connectivity index (χ2n) is 7.03. The van der Waals surface area contributed by atoms with Crippen LogP contribution in [0.3, 0.4) is 0 Å². The highest BCUT2D eigenvalue weighted by molar-refractivity contribution is 5.95. The Balaban J connectivity index is 2.26. The normalized spacial score (nSPS) is 20.2. The standard InChI is InChI=1S/C19H27N3O3/c1-4-6-16-15(11-20-13-21-16)17(23)22-10-5-8-19(12-22,18(24)25)9-7-14(2)3/h7,11,13H,4-6,8-10,12H2,1-3H3,(H,24,25)/t19-/m1/s1. The van der Waals surface area contributed by atoms with Crippen LogP contribution in [-0.4, -0.2) is 44.9 Å². The van der Waals surface area contributed by atoms with Crippen LogP contribution >= 0.6 is 0 Å². The van der Waals surface area contributed by atoms with Crippen LogP contribution in [0.15, 0.2) is 24.2 Å². The Hall–Kier alpha value is -2.24. The highest BCUT2D eigenvalue weighted by Gasteiger charge is 2.43. The summed E-state index contributed by atoms with van der Waals surface area (Å²) in [5.41, 5.74) is 1.41. The maximum atomic E-state index is 13.0. The number of carboxylic acids is 1. The molecule has 1 fully saturated rings. The van der Waals surface area contributed by atoms with E-state index in [-0.39, 0.29) is 12.5 Å². The summed E-state index contributed by atoms with van der Waals surface area (Å²) in [5, 5.41) is 9.82. The smallest absolute Gasteiger partial charge is 0.311 e. The second kappa shape index (κ2) is 8.23. The zero-order chi connectivity index (χ0) is 18.4. The fraction of sp³-hybridized carbons (Fsp3) is 0.579. The van der Waals surface area contributed by atoms with Crippen molar-refractivity contribution in [2.24, 2.45) is 5.41 Å². The van der Waals surface area contributed by atoms with Crippen LogP contribution in [0.1, 0.15) is 62.5 Å². The molecule has 136 valence electrons. The van der Waals surface area contributed by atoms with Crippen LogP contribution in [0, 0.1) is 5.41 Å². The molecule has 1 saturated heterocycles. The van der Waals surface area contributed by atoms with Crippen molar-refractivity contribution < 1.29 is 14.7 Å². The number of allylic oxidation sites excluding steroid dienone is 2. The molecule has 1 aromatic heterocycles. The van der Waals surface area contributed by atoms with Gasteiger partial charge in [0.2, 0.25) is 0 Å². The first-order chi connectivity index (χ1) is 11.9. The molecule has 0 unspecified atom stereocenters. The molecule has 0 aromatic carbocycles. The van der Waals surface area contributed by atoms with E-state index in [9.17, 15) is 14.7 Å². The average molecular weight is 345 g/mol. The Morgan fingerprint density at radius 2 is 2.16 bits per heavy atom. The minimum Gasteiger partial charge on any atom is -0.481 e. The number of carbonyl (C=O) groups excluding carboxylic acids is 1. The van der Waals surface area contributed by atoms with E-state index >= 15 is 0 Å². The van der Waals surface area contributed by atoms with Crippen molar-refractivity contribution in [3.05, 3.63) is 35.4 Å². The number of hydrogen-bond acceptors (Lipinski definition) is 4. The predicted molar refractivity (Wildman–Crippen MR) is 95.3 cm³/mol. The summed E-state index contributed by atoms with van der Waals surface area (Å²) >= 11 is 0. The lowest BCUT2D eigenvalue weighted by Crippen LogP contribution is -2.50. The fourth-order valence-corrected chi connectivity index (χ4v) is 3.27. The van der Waals surface area contributed by atoms with Gasteiger partial charge in [0.15, 0.2) is 0 Å². The van der Waals surface area contributed by atoms with E-state index in [2.05, 4.69) is 9.97 Å². The number of nitrogens with zero attached hydrogens (tertiary/aromatic N) is 3. The first-order valence-electron chi connectivity index (χ1n) is 8.84. The van der Waals surface area contributed by atoms with Gasteiger partial charge < -0.3 is 10.0 Å². The molecule has 1 aliphatic heterocycles. The highest BCUT2D eigenvalue weighted by atomic mass is 16.4. The fourth-order valence-electron chi connectivity index (χ4n) is 3.27. The van der Waals surface area contributed by atoms with Gasteiger partial charge in [-0.25, -0.2) is 9.97 Å². The highest BCUT2D eigenvalue weighted by Crippen LogP contribution is 2.35. The van der Waals surface area contributed by atoms with Crippen molar-refractivity contribution in [3.8, 4) is 0 Å². The van der Waals surface area contributed by atoms with Crippen LogP contribution in [0.4, 0.5) is 0 Å². The lowest BCUT2D eigenvalue weighted by atomic mass is 9.76. The summed E-state index contributed by atoms with van der Waals surface area (Å²) in [6.07, 6.45) is 8.27. The van der Waals surface area contributed by atoms with Gasteiger partial charge in [-0.3, -0.25) is 9.59 Å². The molecule has 1 aromatic rings. The van der Waals surface area contributed by atoms with Crippen molar-refractivity contribution in [2.75, 3.05) is 13.1 Å². The van der Waals surface area contributed by atoms with Crippen LogP contribution in [0.2, 0.25) is 0 Å². The van der Waals surface area contributed by atoms with Crippen LogP contribution in [0.25, 0.3) is 0 Å². The van der Waals surface area contributed by atoms with Crippen LogP contribution < -0.4 is 0 Å². The molecule has 1 amide bonds. The summed E-state index contributed by atoms with van der Waals surface area (Å²) < 4.78 is 0. The van der Waals surface area contributed by atoms with Gasteiger partial charge in [0.05, 0.1) is 16.7 Å². The molecule has 0 radical (unpaired) electrons. The van der Waals surface area contributed by atoms with Gasteiger partial charge in [-0.05, 0) is 39.5 Å². The molecule has 0 aliphatic carbocycles. The van der Waals surface area contributed by atoms with Crippen LogP contribution in [-0.2, 0) is 11.2 Å². The number of aryl methyl sites for hydroxylation is 1. The van der Waals surface area contributed by atoms with E-state index in [1.165, 1.54) is 6.33 Å². The Morgan fingerprint density at radius 1 is 1.40 bits per heavy atom. The zero-order valence-electron chi connectivity index (χ0n) is 15.3. The number of piperidine rings is 1. The van der Waals surface area contributed by atoms with Gasteiger partial charge in [0.1, 0.15) is 6.33 Å². The molecular formula is C19H27N3O3. The quantitative estimate of drug-likeness (QED) is 0.801. The van der Waals surface area contributed by atoms with E-state index < -0.39 is 11.4 Å². The molecule has 2 rings (SSSR count). The average Bonchev–Trinajstić information content (AvgIpc) is 2.60. The third-order valence-electron chi connectivity index (χ3n) is 4.73. The first-order valence-corrected chi connectivity index (χ1v) is 8.84. The van der Waals surface area contributed by atoms with Crippen molar-refractivity contribution in [1.82, 2.24) is 14.9 Å². The summed E-state index contributed by atoms with van der Waals surface area (Å²) in [6.45, 7) is 6.75. The van der Waals surface area contributed by atoms with Crippen LogP contribution in [0.5, 0.6) is 0 Å². The van der Waals surface area contributed by atoms with Crippen molar-refractivity contribution in [2.45, 2.75) is 52.9 Å². The lowest BCUT2D eigenvalue weighted by Gasteiger charge is -2.39. The molecule has 0 spiro atoms. The second-order valence-corrected chi connectivity index (χ2v) is 7.03. The monoisotopic (exact) mass is 345 g/mol. The summed E-state index contributed by atoms with van der Waals surface area (Å²) in [5.74, 6) is -0.993. The van der Waals surface area contributed by atoms with Crippen molar-refractivity contribution >= 4 is 11.9 Å². The molecule has 2 heterocycles. The number of likely N-dealkylation sites (tertiary alicyclic amines) is 1. The Kier molecular flexibility index (Phi) is 6.28. The van der Waals surface area contributed by atoms with Gasteiger partial charge in [-0.15, -0.1) is 0 Å². The minimum absolute atomic E-state index is 0.161. The molecule has 1 N–H and O–H groups in total. The zero-order valence-corrected chi connectivity index (χ0v) is 15.3. The van der Waals surface area contributed by atoms with E-state index in [1.54, 1.807) is 11.1 Å². The van der Waals surface area contributed by atoms with Gasteiger partial charge in [-0.2, -0.15) is 0 Å². The molecule has 25 heavy (non-hydrogen) atoms. The number of carboxylic acid groups (broad SMARTS) is 1. The minimum atomic E-state index is -0.911. The van der Waals surface area contributed by atoms with E-state index in [0.717, 1.165) is 17.7 Å². The SMILES string of the molecule is CCCc1ncncc1C(=O)N1CCC[C@](CC=C(C)C)(C(=O)O)C1. The third-order valence-corrected chi connectivity index (χ3v) is 4.73. The Labute approximate surface area is 149 Å². The number of hydrogen-bond donors (Lipinski definition) is 1. The molecular weight excluding hydrogens is 318 g/mol. The molecule has 6 nitrogen and oxygen atoms in total. The Bertz CT molecular complexity index is 668. The first kappa shape index (κ1) is 19.1. The summed E-state index contributed by atoms with van der Waals surface area (Å²) in [6, 6.07) is 0. The van der Waals surface area contributed by atoms with Gasteiger partial charge in [0.25, 0.3) is 5.91 Å². The van der Waals surface area contributed by atoms with Gasteiger partial charge in [-0.1, -0.05) is 25.0 Å². The van der Waals surface area contributed by atoms with E-state index in [4.69, 9.17) is 0 Å².